The number of rotatable bonds is 1. The molecule has 1 rings (SSSR count). The van der Waals surface area contributed by atoms with Crippen LogP contribution >= 0.6 is 24.8 Å². The van der Waals surface area contributed by atoms with Gasteiger partial charge < -0.3 is 5.32 Å². The normalized spacial score (nSPS) is 19.0. The Morgan fingerprint density at radius 2 is 2.29 bits per heavy atom. The van der Waals surface area contributed by atoms with Gasteiger partial charge in [-0.2, -0.15) is 0 Å². The third-order valence-electron chi connectivity index (χ3n) is 0.905. The van der Waals surface area contributed by atoms with Crippen LogP contribution < -0.4 is 5.32 Å². The molecule has 0 heterocycles. The molecule has 0 amide bonds. The molecule has 1 aliphatic carbocycles. The Balaban J connectivity index is 2.08. The van der Waals surface area contributed by atoms with Crippen molar-refractivity contribution < 1.29 is 0 Å². The molecule has 0 aromatic heterocycles. The first-order valence-corrected chi connectivity index (χ1v) is 3.14. The Kier molecular flexibility index (Phi) is 1.54. The Hall–Kier alpha value is 0.240. The van der Waals surface area contributed by atoms with E-state index in [2.05, 4.69) is 30.2 Å². The smallest absolute Gasteiger partial charge is 0.130 e. The van der Waals surface area contributed by atoms with Crippen molar-refractivity contribution in [2.24, 2.45) is 0 Å². The fourth-order valence-corrected chi connectivity index (χ4v) is 0.752. The quantitative estimate of drug-likeness (QED) is 0.408. The molecule has 0 unspecified atom stereocenters. The van der Waals surface area contributed by atoms with Gasteiger partial charge in [-0.25, -0.2) is 0 Å². The van der Waals surface area contributed by atoms with Crippen LogP contribution in [0.25, 0.3) is 0 Å². The van der Waals surface area contributed by atoms with E-state index in [9.17, 15) is 0 Å². The van der Waals surface area contributed by atoms with Gasteiger partial charge in [-0.3, -0.25) is 0 Å². The molecule has 3 heteroatoms. The van der Waals surface area contributed by atoms with E-state index in [1.54, 1.807) is 0 Å². The molecule has 1 fully saturated rings. The number of thiocarbonyl (C=S) groups is 1. The topological polar surface area (TPSA) is 12.0 Å². The van der Waals surface area contributed by atoms with E-state index in [-0.39, 0.29) is 0 Å². The highest BCUT2D eigenvalue weighted by atomic mass is 32.1. The van der Waals surface area contributed by atoms with Crippen molar-refractivity contribution in [3.05, 3.63) is 0 Å². The van der Waals surface area contributed by atoms with E-state index in [1.807, 2.05) is 0 Å². The Morgan fingerprint density at radius 1 is 1.71 bits per heavy atom. The van der Waals surface area contributed by atoms with Gasteiger partial charge in [0.25, 0.3) is 0 Å². The van der Waals surface area contributed by atoms with Gasteiger partial charge >= 0.3 is 0 Å². The average molecular weight is 133 g/mol. The number of thiol groups is 1. The summed E-state index contributed by atoms with van der Waals surface area (Å²) in [5.41, 5.74) is 0. The molecule has 0 aliphatic heterocycles. The van der Waals surface area contributed by atoms with Gasteiger partial charge in [-0.15, -0.1) is 12.6 Å². The third kappa shape index (κ3) is 2.14. The second kappa shape index (κ2) is 2.01. The summed E-state index contributed by atoms with van der Waals surface area (Å²) < 4.78 is 0.627. The summed E-state index contributed by atoms with van der Waals surface area (Å²) in [6, 6.07) is 0.657. The maximum absolute atomic E-state index is 4.66. The average Bonchev–Trinajstić information content (AvgIpc) is 2.17. The highest BCUT2D eigenvalue weighted by molar-refractivity contribution is 8.11. The molecule has 0 saturated heterocycles. The molecule has 40 valence electrons. The van der Waals surface area contributed by atoms with Crippen LogP contribution in [0.2, 0.25) is 0 Å². The first-order chi connectivity index (χ1) is 3.29. The van der Waals surface area contributed by atoms with Crippen molar-refractivity contribution in [3.8, 4) is 0 Å². The van der Waals surface area contributed by atoms with Crippen LogP contribution in [-0.2, 0) is 0 Å². The van der Waals surface area contributed by atoms with Crippen molar-refractivity contribution in [3.63, 3.8) is 0 Å². The number of hydrogen-bond donors (Lipinski definition) is 2. The van der Waals surface area contributed by atoms with Crippen molar-refractivity contribution in [2.75, 3.05) is 0 Å². The van der Waals surface area contributed by atoms with Gasteiger partial charge in [0.1, 0.15) is 4.32 Å². The van der Waals surface area contributed by atoms with Gasteiger partial charge in [0.05, 0.1) is 0 Å². The molecule has 1 nitrogen and oxygen atoms in total. The van der Waals surface area contributed by atoms with Crippen LogP contribution in [-0.4, -0.2) is 10.4 Å². The Bertz CT molecular complexity index is 87.7. The largest absolute Gasteiger partial charge is 0.368 e. The fourth-order valence-electron chi connectivity index (χ4n) is 0.402. The van der Waals surface area contributed by atoms with Crippen LogP contribution in [0, 0.1) is 0 Å². The molecule has 1 saturated carbocycles. The van der Waals surface area contributed by atoms with Gasteiger partial charge in [0.15, 0.2) is 0 Å². The van der Waals surface area contributed by atoms with Gasteiger partial charge in [-0.1, -0.05) is 12.2 Å². The van der Waals surface area contributed by atoms with Crippen LogP contribution in [0.15, 0.2) is 0 Å². The molecule has 0 spiro atoms. The van der Waals surface area contributed by atoms with Gasteiger partial charge in [-0.05, 0) is 12.8 Å². The maximum Gasteiger partial charge on any atom is 0.130 e. The van der Waals surface area contributed by atoms with Crippen molar-refractivity contribution in [1.29, 1.82) is 0 Å². The lowest BCUT2D eigenvalue weighted by Crippen LogP contribution is -2.17. The third-order valence-corrected chi connectivity index (χ3v) is 1.15. The lowest BCUT2D eigenvalue weighted by atomic mass is 10.7. The summed E-state index contributed by atoms with van der Waals surface area (Å²) in [5, 5.41) is 3.01. The Labute approximate surface area is 53.9 Å². The minimum Gasteiger partial charge on any atom is -0.368 e. The molecule has 0 radical (unpaired) electrons. The van der Waals surface area contributed by atoms with Gasteiger partial charge in [0, 0.05) is 6.04 Å². The second-order valence-corrected chi connectivity index (χ2v) is 2.88. The lowest BCUT2D eigenvalue weighted by Gasteiger charge is -1.94. The molecule has 0 aromatic rings. The summed E-state index contributed by atoms with van der Waals surface area (Å²) >= 11 is 8.56. The van der Waals surface area contributed by atoms with E-state index in [0.29, 0.717) is 10.4 Å². The highest BCUT2D eigenvalue weighted by Crippen LogP contribution is 2.18. The summed E-state index contributed by atoms with van der Waals surface area (Å²) in [5.74, 6) is 0. The first kappa shape index (κ1) is 5.38. The van der Waals surface area contributed by atoms with Crippen LogP contribution in [0.4, 0.5) is 0 Å². The predicted octanol–water partition coefficient (Wildman–Crippen LogP) is 0.953. The summed E-state index contributed by atoms with van der Waals surface area (Å²) in [6.07, 6.45) is 2.53. The van der Waals surface area contributed by atoms with E-state index in [4.69, 9.17) is 0 Å². The van der Waals surface area contributed by atoms with E-state index in [0.717, 1.165) is 0 Å². The van der Waals surface area contributed by atoms with E-state index < -0.39 is 0 Å². The second-order valence-electron chi connectivity index (χ2n) is 1.72. The fraction of sp³-hybridized carbons (Fsp3) is 0.750. The summed E-state index contributed by atoms with van der Waals surface area (Å²) in [6.45, 7) is 0. The standard InChI is InChI=1S/C4H7NS2/c6-4(7)5-3-1-2-3/h3H,1-2H2,(H2,5,6,7). The molecular weight excluding hydrogens is 126 g/mol. The molecule has 0 atom stereocenters. The van der Waals surface area contributed by atoms with Crippen LogP contribution in [0.3, 0.4) is 0 Å². The molecular formula is C4H7NS2. The number of nitrogens with one attached hydrogen (secondary N) is 1. The van der Waals surface area contributed by atoms with Crippen molar-refractivity contribution in [2.45, 2.75) is 18.9 Å². The minimum absolute atomic E-state index is 0.627. The van der Waals surface area contributed by atoms with Crippen molar-refractivity contribution >= 4 is 29.2 Å². The summed E-state index contributed by atoms with van der Waals surface area (Å²) in [7, 11) is 0. The van der Waals surface area contributed by atoms with Gasteiger partial charge in [0.2, 0.25) is 0 Å². The molecule has 7 heavy (non-hydrogen) atoms. The zero-order chi connectivity index (χ0) is 5.28. The highest BCUT2D eigenvalue weighted by Gasteiger charge is 2.20. The van der Waals surface area contributed by atoms with E-state index >= 15 is 0 Å². The zero-order valence-electron chi connectivity index (χ0n) is 3.85. The predicted molar refractivity (Wildman–Crippen MR) is 37.7 cm³/mol. The van der Waals surface area contributed by atoms with Crippen LogP contribution in [0.1, 0.15) is 12.8 Å². The zero-order valence-corrected chi connectivity index (χ0v) is 5.56. The molecule has 1 N–H and O–H groups in total. The monoisotopic (exact) mass is 133 g/mol. The number of hydrogen-bond acceptors (Lipinski definition) is 1. The molecule has 1 aliphatic rings. The Morgan fingerprint density at radius 3 is 2.43 bits per heavy atom. The SMILES string of the molecule is S=C(S)NC1CC1. The van der Waals surface area contributed by atoms with E-state index in [1.165, 1.54) is 12.8 Å². The van der Waals surface area contributed by atoms with Crippen molar-refractivity contribution in [1.82, 2.24) is 5.32 Å². The maximum atomic E-state index is 4.66. The minimum atomic E-state index is 0.627. The first-order valence-electron chi connectivity index (χ1n) is 2.28. The van der Waals surface area contributed by atoms with Crippen LogP contribution in [0.5, 0.6) is 0 Å². The molecule has 0 aromatic carbocycles. The molecule has 0 bridgehead atoms. The lowest BCUT2D eigenvalue weighted by molar-refractivity contribution is 0.934. The summed E-state index contributed by atoms with van der Waals surface area (Å²) in [4.78, 5) is 0.